The van der Waals surface area contributed by atoms with Crippen LogP contribution in [0.1, 0.15) is 20.3 Å². The van der Waals surface area contributed by atoms with E-state index in [9.17, 15) is 9.59 Å². The highest BCUT2D eigenvalue weighted by molar-refractivity contribution is 8.00. The van der Waals surface area contributed by atoms with Crippen molar-refractivity contribution in [1.82, 2.24) is 5.32 Å². The molecule has 110 valence electrons. The molecule has 0 bridgehead atoms. The molecule has 0 fully saturated rings. The maximum atomic E-state index is 11.9. The van der Waals surface area contributed by atoms with Gasteiger partial charge in [-0.1, -0.05) is 32.0 Å². The van der Waals surface area contributed by atoms with E-state index < -0.39 is 11.9 Å². The van der Waals surface area contributed by atoms with Crippen molar-refractivity contribution in [1.29, 1.82) is 0 Å². The number of carbonyl (C=O) groups is 2. The normalized spacial score (nSPS) is 13.3. The molecule has 5 heteroatoms. The summed E-state index contributed by atoms with van der Waals surface area (Å²) in [6, 6.07) is 10.0. The summed E-state index contributed by atoms with van der Waals surface area (Å²) >= 11 is 1.69. The molecule has 20 heavy (non-hydrogen) atoms. The molecule has 0 heterocycles. The fourth-order valence-corrected chi connectivity index (χ4v) is 2.69. The third-order valence-electron chi connectivity index (χ3n) is 2.85. The smallest absolute Gasteiger partial charge is 0.318 e. The Morgan fingerprint density at radius 3 is 2.50 bits per heavy atom. The van der Waals surface area contributed by atoms with Crippen LogP contribution in [0, 0.1) is 5.92 Å². The van der Waals surface area contributed by atoms with E-state index in [0.29, 0.717) is 13.0 Å². The minimum atomic E-state index is -0.714. The Bertz CT molecular complexity index is 436. The highest BCUT2D eigenvalue weighted by Crippen LogP contribution is 2.22. The monoisotopic (exact) mass is 295 g/mol. The lowest BCUT2D eigenvalue weighted by Crippen LogP contribution is -2.38. The first kappa shape index (κ1) is 16.6. The van der Waals surface area contributed by atoms with Crippen LogP contribution >= 0.6 is 11.8 Å². The van der Waals surface area contributed by atoms with Crippen LogP contribution in [0.25, 0.3) is 0 Å². The predicted octanol–water partition coefficient (Wildman–Crippen LogP) is 2.48. The highest BCUT2D eigenvalue weighted by atomic mass is 32.2. The largest absolute Gasteiger partial charge is 0.468 e. The predicted molar refractivity (Wildman–Crippen MR) is 80.6 cm³/mol. The molecule has 0 aliphatic heterocycles. The molecule has 4 nitrogen and oxygen atoms in total. The van der Waals surface area contributed by atoms with Gasteiger partial charge in [0.1, 0.15) is 5.92 Å². The van der Waals surface area contributed by atoms with Crippen LogP contribution in [0.3, 0.4) is 0 Å². The molecule has 0 spiro atoms. The van der Waals surface area contributed by atoms with Crippen molar-refractivity contribution in [3.8, 4) is 0 Å². The van der Waals surface area contributed by atoms with Crippen molar-refractivity contribution >= 4 is 23.6 Å². The SMILES string of the molecule is CC[C@@H](C(=O)NC[C@@H](C)Sc1ccccc1)C(=O)OC. The third kappa shape index (κ3) is 5.25. The van der Waals surface area contributed by atoms with Gasteiger partial charge in [0.25, 0.3) is 0 Å². The lowest BCUT2D eigenvalue weighted by Gasteiger charge is -2.16. The van der Waals surface area contributed by atoms with Gasteiger partial charge in [-0.3, -0.25) is 9.59 Å². The van der Waals surface area contributed by atoms with Gasteiger partial charge in [0.05, 0.1) is 7.11 Å². The number of esters is 1. The van der Waals surface area contributed by atoms with E-state index in [1.807, 2.05) is 37.3 Å². The number of methoxy groups -OCH3 is 1. The molecule has 0 saturated heterocycles. The minimum Gasteiger partial charge on any atom is -0.468 e. The van der Waals surface area contributed by atoms with Crippen LogP contribution in [0.2, 0.25) is 0 Å². The van der Waals surface area contributed by atoms with Crippen molar-refractivity contribution < 1.29 is 14.3 Å². The first-order chi connectivity index (χ1) is 9.58. The van der Waals surface area contributed by atoms with Crippen LogP contribution in [-0.2, 0) is 14.3 Å². The van der Waals surface area contributed by atoms with Gasteiger partial charge in [0.2, 0.25) is 5.91 Å². The van der Waals surface area contributed by atoms with Crippen LogP contribution < -0.4 is 5.32 Å². The van der Waals surface area contributed by atoms with Crippen molar-refractivity contribution in [2.75, 3.05) is 13.7 Å². The quantitative estimate of drug-likeness (QED) is 0.477. The van der Waals surface area contributed by atoms with Crippen LogP contribution in [0.5, 0.6) is 0 Å². The number of amides is 1. The van der Waals surface area contributed by atoms with E-state index in [1.165, 1.54) is 7.11 Å². The first-order valence-electron chi connectivity index (χ1n) is 6.65. The fraction of sp³-hybridized carbons (Fsp3) is 0.467. The van der Waals surface area contributed by atoms with Crippen LogP contribution in [0.15, 0.2) is 35.2 Å². The zero-order valence-electron chi connectivity index (χ0n) is 12.1. The molecular formula is C15H21NO3S. The zero-order valence-corrected chi connectivity index (χ0v) is 12.9. The third-order valence-corrected chi connectivity index (χ3v) is 3.97. The van der Waals surface area contributed by atoms with E-state index in [1.54, 1.807) is 18.7 Å². The summed E-state index contributed by atoms with van der Waals surface area (Å²) in [6.07, 6.45) is 0.443. The van der Waals surface area contributed by atoms with E-state index in [0.717, 1.165) is 4.90 Å². The number of nitrogens with one attached hydrogen (secondary N) is 1. The van der Waals surface area contributed by atoms with Gasteiger partial charge in [-0.05, 0) is 18.6 Å². The van der Waals surface area contributed by atoms with Gasteiger partial charge in [-0.2, -0.15) is 0 Å². The second kappa shape index (κ2) is 8.64. The summed E-state index contributed by atoms with van der Waals surface area (Å²) in [5.41, 5.74) is 0. The minimum absolute atomic E-state index is 0.233. The molecule has 1 amide bonds. The number of thioether (sulfide) groups is 1. The van der Waals surface area contributed by atoms with Crippen molar-refractivity contribution in [3.63, 3.8) is 0 Å². The molecule has 0 aliphatic carbocycles. The van der Waals surface area contributed by atoms with E-state index >= 15 is 0 Å². The second-order valence-electron chi connectivity index (χ2n) is 4.47. The average molecular weight is 295 g/mol. The Kier molecular flexibility index (Phi) is 7.15. The standard InChI is InChI=1S/C15H21NO3S/c1-4-13(15(18)19-3)14(17)16-10-11(2)20-12-8-6-5-7-9-12/h5-9,11,13H,4,10H2,1-3H3,(H,16,17)/t11-,13+/m1/s1. The Morgan fingerprint density at radius 2 is 1.95 bits per heavy atom. The first-order valence-corrected chi connectivity index (χ1v) is 7.53. The Morgan fingerprint density at radius 1 is 1.30 bits per heavy atom. The summed E-state index contributed by atoms with van der Waals surface area (Å²) in [4.78, 5) is 24.5. The van der Waals surface area contributed by atoms with Crippen molar-refractivity contribution in [2.45, 2.75) is 30.4 Å². The topological polar surface area (TPSA) is 55.4 Å². The Hall–Kier alpha value is -1.49. The van der Waals surface area contributed by atoms with Gasteiger partial charge >= 0.3 is 5.97 Å². The van der Waals surface area contributed by atoms with Gasteiger partial charge in [-0.25, -0.2) is 0 Å². The van der Waals surface area contributed by atoms with E-state index in [4.69, 9.17) is 0 Å². The second-order valence-corrected chi connectivity index (χ2v) is 5.98. The van der Waals surface area contributed by atoms with Gasteiger partial charge in [0.15, 0.2) is 0 Å². The lowest BCUT2D eigenvalue weighted by molar-refractivity contribution is -0.150. The molecular weight excluding hydrogens is 274 g/mol. The molecule has 1 aromatic rings. The Labute approximate surface area is 124 Å². The fourth-order valence-electron chi connectivity index (χ4n) is 1.74. The summed E-state index contributed by atoms with van der Waals surface area (Å²) in [6.45, 7) is 4.35. The van der Waals surface area contributed by atoms with Crippen molar-refractivity contribution in [3.05, 3.63) is 30.3 Å². The number of ether oxygens (including phenoxy) is 1. The maximum absolute atomic E-state index is 11.9. The summed E-state index contributed by atoms with van der Waals surface area (Å²) in [5.74, 6) is -1.46. The molecule has 0 unspecified atom stereocenters. The number of hydrogen-bond acceptors (Lipinski definition) is 4. The van der Waals surface area contributed by atoms with Gasteiger partial charge in [0, 0.05) is 16.7 Å². The van der Waals surface area contributed by atoms with E-state index in [2.05, 4.69) is 10.1 Å². The molecule has 1 aromatic carbocycles. The lowest BCUT2D eigenvalue weighted by atomic mass is 10.1. The zero-order chi connectivity index (χ0) is 15.0. The Balaban J connectivity index is 2.42. The van der Waals surface area contributed by atoms with Gasteiger partial charge in [-0.15, -0.1) is 11.8 Å². The average Bonchev–Trinajstić information content (AvgIpc) is 2.46. The number of benzene rings is 1. The van der Waals surface area contributed by atoms with E-state index in [-0.39, 0.29) is 11.2 Å². The molecule has 2 atom stereocenters. The number of hydrogen-bond donors (Lipinski definition) is 1. The molecule has 0 aliphatic rings. The summed E-state index contributed by atoms with van der Waals surface area (Å²) < 4.78 is 4.62. The molecule has 0 radical (unpaired) electrons. The molecule has 1 rings (SSSR count). The molecule has 1 N–H and O–H groups in total. The summed E-state index contributed by atoms with van der Waals surface area (Å²) in [5, 5.41) is 3.04. The molecule has 0 aromatic heterocycles. The van der Waals surface area contributed by atoms with Crippen molar-refractivity contribution in [2.24, 2.45) is 5.92 Å². The van der Waals surface area contributed by atoms with Crippen LogP contribution in [0.4, 0.5) is 0 Å². The number of rotatable bonds is 7. The molecule has 0 saturated carbocycles. The highest BCUT2D eigenvalue weighted by Gasteiger charge is 2.25. The number of carbonyl (C=O) groups excluding carboxylic acids is 2. The maximum Gasteiger partial charge on any atom is 0.318 e. The van der Waals surface area contributed by atoms with Gasteiger partial charge < -0.3 is 10.1 Å². The van der Waals surface area contributed by atoms with Crippen LogP contribution in [-0.4, -0.2) is 30.8 Å². The summed E-state index contributed by atoms with van der Waals surface area (Å²) in [7, 11) is 1.30.